The van der Waals surface area contributed by atoms with Crippen molar-refractivity contribution in [3.8, 4) is 0 Å². The van der Waals surface area contributed by atoms with Gasteiger partial charge in [-0.1, -0.05) is 32.9 Å². The van der Waals surface area contributed by atoms with Gasteiger partial charge in [-0.25, -0.2) is 0 Å². The van der Waals surface area contributed by atoms with Gasteiger partial charge in [0.1, 0.15) is 0 Å². The first-order valence-corrected chi connectivity index (χ1v) is 7.28. The van der Waals surface area contributed by atoms with Crippen LogP contribution in [0.4, 0.5) is 0 Å². The van der Waals surface area contributed by atoms with Gasteiger partial charge >= 0.3 is 0 Å². The summed E-state index contributed by atoms with van der Waals surface area (Å²) in [6.07, 6.45) is 4.19. The molecule has 0 amide bonds. The summed E-state index contributed by atoms with van der Waals surface area (Å²) < 4.78 is 0. The van der Waals surface area contributed by atoms with Crippen molar-refractivity contribution in [1.29, 1.82) is 0 Å². The maximum absolute atomic E-state index is 12.4. The van der Waals surface area contributed by atoms with Gasteiger partial charge in [-0.05, 0) is 40.2 Å². The molecule has 0 fully saturated rings. The second kappa shape index (κ2) is 8.49. The Hall–Kier alpha value is -0.670. The van der Waals surface area contributed by atoms with Crippen LogP contribution in [0.15, 0.2) is 12.2 Å². The molecule has 0 spiro atoms. The Kier molecular flexibility index (Phi) is 8.19. The number of rotatable bonds is 8. The first-order valence-electron chi connectivity index (χ1n) is 7.28. The van der Waals surface area contributed by atoms with E-state index in [4.69, 9.17) is 0 Å². The fraction of sp³-hybridized carbons (Fsp3) is 0.812. The minimum Gasteiger partial charge on any atom is -0.391 e. The first kappa shape index (κ1) is 18.3. The van der Waals surface area contributed by atoms with Crippen molar-refractivity contribution in [3.05, 3.63) is 12.2 Å². The highest BCUT2D eigenvalue weighted by Gasteiger charge is 2.35. The zero-order valence-electron chi connectivity index (χ0n) is 13.6. The predicted octanol–water partition coefficient (Wildman–Crippen LogP) is 2.88. The fourth-order valence-corrected chi connectivity index (χ4v) is 2.07. The third kappa shape index (κ3) is 5.45. The van der Waals surface area contributed by atoms with Crippen LogP contribution in [0.1, 0.15) is 48.0 Å². The average molecular weight is 269 g/mol. The number of nitrogens with zero attached hydrogens (tertiary/aromatic N) is 1. The average Bonchev–Trinajstić information content (AvgIpc) is 2.35. The molecule has 0 radical (unpaired) electrons. The monoisotopic (exact) mass is 269 g/mol. The van der Waals surface area contributed by atoms with E-state index in [9.17, 15) is 9.90 Å². The summed E-state index contributed by atoms with van der Waals surface area (Å²) in [5, 5.41) is 10.5. The van der Waals surface area contributed by atoms with Crippen LogP contribution in [-0.4, -0.2) is 41.0 Å². The Morgan fingerprint density at radius 1 is 1.21 bits per heavy atom. The molecule has 0 aliphatic heterocycles. The lowest BCUT2D eigenvalue weighted by Gasteiger charge is -2.36. The largest absolute Gasteiger partial charge is 0.391 e. The Labute approximate surface area is 118 Å². The SMILES string of the molecule is CC=CC[C@@H](C)[C@@H](O)[C@@H](C(=O)C(C)C)N(C)C(C)C. The van der Waals surface area contributed by atoms with Crippen molar-refractivity contribution in [2.45, 2.75) is 66.2 Å². The lowest BCUT2D eigenvalue weighted by molar-refractivity contribution is -0.133. The van der Waals surface area contributed by atoms with E-state index in [-0.39, 0.29) is 23.7 Å². The van der Waals surface area contributed by atoms with Crippen molar-refractivity contribution in [2.24, 2.45) is 11.8 Å². The van der Waals surface area contributed by atoms with Crippen LogP contribution in [0, 0.1) is 11.8 Å². The highest BCUT2D eigenvalue weighted by molar-refractivity contribution is 5.86. The number of Topliss-reactive ketones (excluding diaryl/α,β-unsaturated/α-hetero) is 1. The number of allylic oxidation sites excluding steroid dienone is 2. The molecule has 0 aromatic heterocycles. The van der Waals surface area contributed by atoms with E-state index in [1.807, 2.05) is 65.6 Å². The van der Waals surface area contributed by atoms with E-state index in [1.165, 1.54) is 0 Å². The van der Waals surface area contributed by atoms with E-state index < -0.39 is 12.1 Å². The van der Waals surface area contributed by atoms with E-state index >= 15 is 0 Å². The van der Waals surface area contributed by atoms with Crippen LogP contribution >= 0.6 is 0 Å². The molecule has 0 saturated heterocycles. The number of aliphatic hydroxyl groups excluding tert-OH is 1. The van der Waals surface area contributed by atoms with Crippen LogP contribution in [0.2, 0.25) is 0 Å². The molecule has 112 valence electrons. The highest BCUT2D eigenvalue weighted by Crippen LogP contribution is 2.20. The standard InChI is InChI=1S/C16H31NO2/c1-8-9-10-13(6)16(19)14(15(18)11(2)3)17(7)12(4)5/h8-9,11-14,16,19H,10H2,1-7H3/t13-,14-,16-/m1/s1. The molecular formula is C16H31NO2. The van der Waals surface area contributed by atoms with E-state index in [0.29, 0.717) is 0 Å². The summed E-state index contributed by atoms with van der Waals surface area (Å²) in [4.78, 5) is 14.4. The molecule has 0 bridgehead atoms. The second-order valence-electron chi connectivity index (χ2n) is 6.03. The molecule has 0 aromatic carbocycles. The molecule has 3 heteroatoms. The van der Waals surface area contributed by atoms with Crippen molar-refractivity contribution < 1.29 is 9.90 Å². The summed E-state index contributed by atoms with van der Waals surface area (Å²) in [7, 11) is 1.92. The summed E-state index contributed by atoms with van der Waals surface area (Å²) >= 11 is 0. The van der Waals surface area contributed by atoms with Gasteiger partial charge in [0, 0.05) is 12.0 Å². The van der Waals surface area contributed by atoms with Gasteiger partial charge in [-0.15, -0.1) is 0 Å². The number of hydrogen-bond donors (Lipinski definition) is 1. The van der Waals surface area contributed by atoms with Crippen LogP contribution in [0.3, 0.4) is 0 Å². The summed E-state index contributed by atoms with van der Waals surface area (Å²) in [6.45, 7) is 11.9. The smallest absolute Gasteiger partial charge is 0.155 e. The maximum Gasteiger partial charge on any atom is 0.155 e. The molecule has 3 atom stereocenters. The molecule has 0 saturated carbocycles. The quantitative estimate of drug-likeness (QED) is 0.689. The Balaban J connectivity index is 5.06. The number of likely N-dealkylation sites (N-methyl/N-ethyl adjacent to an activating group) is 1. The van der Waals surface area contributed by atoms with Crippen molar-refractivity contribution in [2.75, 3.05) is 7.05 Å². The summed E-state index contributed by atoms with van der Waals surface area (Å²) in [5.41, 5.74) is 0. The number of hydrogen-bond acceptors (Lipinski definition) is 3. The van der Waals surface area contributed by atoms with Crippen molar-refractivity contribution in [1.82, 2.24) is 4.90 Å². The summed E-state index contributed by atoms with van der Waals surface area (Å²) in [6, 6.07) is -0.184. The van der Waals surface area contributed by atoms with Crippen molar-refractivity contribution in [3.63, 3.8) is 0 Å². The van der Waals surface area contributed by atoms with Gasteiger partial charge in [-0.3, -0.25) is 9.69 Å². The minimum atomic E-state index is -0.626. The van der Waals surface area contributed by atoms with Crippen LogP contribution in [0.5, 0.6) is 0 Å². The highest BCUT2D eigenvalue weighted by atomic mass is 16.3. The van der Waals surface area contributed by atoms with Crippen molar-refractivity contribution >= 4 is 5.78 Å². The topological polar surface area (TPSA) is 40.5 Å². The first-order chi connectivity index (χ1) is 8.73. The Morgan fingerprint density at radius 3 is 2.11 bits per heavy atom. The number of carbonyl (C=O) groups excluding carboxylic acids is 1. The molecule has 0 heterocycles. The molecule has 3 nitrogen and oxygen atoms in total. The molecule has 0 aliphatic rings. The van der Waals surface area contributed by atoms with Crippen LogP contribution < -0.4 is 0 Å². The zero-order valence-corrected chi connectivity index (χ0v) is 13.6. The minimum absolute atomic E-state index is 0.0604. The third-order valence-corrected chi connectivity index (χ3v) is 3.76. The second-order valence-corrected chi connectivity index (χ2v) is 6.03. The molecule has 0 aromatic rings. The molecule has 0 rings (SSSR count). The van der Waals surface area contributed by atoms with Gasteiger partial charge < -0.3 is 5.11 Å². The van der Waals surface area contributed by atoms with Crippen LogP contribution in [-0.2, 0) is 4.79 Å². The van der Waals surface area contributed by atoms with Gasteiger partial charge in [-0.2, -0.15) is 0 Å². The lowest BCUT2D eigenvalue weighted by atomic mass is 9.87. The van der Waals surface area contributed by atoms with E-state index in [2.05, 4.69) is 0 Å². The normalized spacial score (nSPS) is 17.4. The van der Waals surface area contributed by atoms with Crippen LogP contribution in [0.25, 0.3) is 0 Å². The van der Waals surface area contributed by atoms with Gasteiger partial charge in [0.15, 0.2) is 5.78 Å². The Bertz CT molecular complexity index is 297. The Morgan fingerprint density at radius 2 is 1.74 bits per heavy atom. The predicted molar refractivity (Wildman–Crippen MR) is 81.1 cm³/mol. The molecule has 19 heavy (non-hydrogen) atoms. The summed E-state index contributed by atoms with van der Waals surface area (Å²) in [5.74, 6) is 0.135. The van der Waals surface area contributed by atoms with Gasteiger partial charge in [0.05, 0.1) is 12.1 Å². The number of ketones is 1. The molecule has 1 N–H and O–H groups in total. The van der Waals surface area contributed by atoms with E-state index in [0.717, 1.165) is 6.42 Å². The third-order valence-electron chi connectivity index (χ3n) is 3.76. The zero-order chi connectivity index (χ0) is 15.2. The molecule has 0 unspecified atom stereocenters. The molecule has 0 aliphatic carbocycles. The lowest BCUT2D eigenvalue weighted by Crippen LogP contribution is -2.53. The maximum atomic E-state index is 12.4. The van der Waals surface area contributed by atoms with E-state index in [1.54, 1.807) is 0 Å². The number of aliphatic hydroxyl groups is 1. The van der Waals surface area contributed by atoms with Gasteiger partial charge in [0.25, 0.3) is 0 Å². The fourth-order valence-electron chi connectivity index (χ4n) is 2.07. The number of carbonyl (C=O) groups is 1. The van der Waals surface area contributed by atoms with Gasteiger partial charge in [0.2, 0.25) is 0 Å². The molecular weight excluding hydrogens is 238 g/mol.